The molecule has 0 spiro atoms. The highest BCUT2D eigenvalue weighted by Crippen LogP contribution is 2.21. The molecule has 98 valence electrons. The minimum Gasteiger partial charge on any atom is -0.497 e. The number of carbonyl (C=O) groups excluding carboxylic acids is 1. The normalized spacial score (nSPS) is 10.4. The third-order valence-electron chi connectivity index (χ3n) is 3.27. The van der Waals surface area contributed by atoms with Crippen LogP contribution in [-0.2, 0) is 0 Å². The van der Waals surface area contributed by atoms with Gasteiger partial charge in [-0.05, 0) is 29.7 Å². The van der Waals surface area contributed by atoms with Gasteiger partial charge in [0.05, 0.1) is 7.11 Å². The lowest BCUT2D eigenvalue weighted by Gasteiger charge is -2.06. The lowest BCUT2D eigenvalue weighted by Crippen LogP contribution is -2.02. The van der Waals surface area contributed by atoms with E-state index in [1.165, 1.54) is 0 Å². The smallest absolute Gasteiger partial charge is 0.195 e. The molecule has 3 nitrogen and oxygen atoms in total. The number of hydrogen-bond donors (Lipinski definition) is 0. The lowest BCUT2D eigenvalue weighted by atomic mass is 10.00. The van der Waals surface area contributed by atoms with E-state index >= 15 is 0 Å². The van der Waals surface area contributed by atoms with Crippen LogP contribution < -0.4 is 4.74 Å². The SMILES string of the molecule is COc1ccc(C(=O)c2cncc3ccccc23)cc1. The summed E-state index contributed by atoms with van der Waals surface area (Å²) in [5, 5.41) is 1.88. The average molecular weight is 263 g/mol. The predicted octanol–water partition coefficient (Wildman–Crippen LogP) is 3.47. The minimum atomic E-state index is -0.0306. The number of ketones is 1. The molecule has 0 aliphatic heterocycles. The molecule has 3 aromatic rings. The molecule has 0 aliphatic carbocycles. The Labute approximate surface area is 116 Å². The van der Waals surface area contributed by atoms with E-state index < -0.39 is 0 Å². The molecule has 1 heterocycles. The van der Waals surface area contributed by atoms with E-state index in [0.29, 0.717) is 11.1 Å². The number of carbonyl (C=O) groups is 1. The summed E-state index contributed by atoms with van der Waals surface area (Å²) in [5.41, 5.74) is 1.25. The minimum absolute atomic E-state index is 0.0306. The molecule has 3 rings (SSSR count). The first-order chi connectivity index (χ1) is 9.79. The van der Waals surface area contributed by atoms with Gasteiger partial charge in [0, 0.05) is 28.9 Å². The molecule has 1 aromatic heterocycles. The highest BCUT2D eigenvalue weighted by molar-refractivity contribution is 6.16. The van der Waals surface area contributed by atoms with Gasteiger partial charge in [-0.1, -0.05) is 24.3 Å². The van der Waals surface area contributed by atoms with E-state index in [0.717, 1.165) is 16.5 Å². The number of nitrogens with zero attached hydrogens (tertiary/aromatic N) is 1. The number of pyridine rings is 1. The highest BCUT2D eigenvalue weighted by atomic mass is 16.5. The summed E-state index contributed by atoms with van der Waals surface area (Å²) in [6, 6.07) is 14.9. The van der Waals surface area contributed by atoms with Gasteiger partial charge < -0.3 is 4.74 Å². The van der Waals surface area contributed by atoms with Crippen LogP contribution in [-0.4, -0.2) is 17.9 Å². The molecule has 0 amide bonds. The van der Waals surface area contributed by atoms with Crippen LogP contribution in [0.1, 0.15) is 15.9 Å². The summed E-state index contributed by atoms with van der Waals surface area (Å²) in [6.45, 7) is 0. The van der Waals surface area contributed by atoms with Crippen LogP contribution in [0, 0.1) is 0 Å². The third-order valence-corrected chi connectivity index (χ3v) is 3.27. The second-order valence-electron chi connectivity index (χ2n) is 4.47. The molecule has 3 heteroatoms. The maximum Gasteiger partial charge on any atom is 0.195 e. The van der Waals surface area contributed by atoms with Gasteiger partial charge in [-0.2, -0.15) is 0 Å². The molecule has 0 saturated carbocycles. The Balaban J connectivity index is 2.07. The molecule has 0 aliphatic rings. The number of benzene rings is 2. The summed E-state index contributed by atoms with van der Waals surface area (Å²) in [6.07, 6.45) is 3.38. The third kappa shape index (κ3) is 2.14. The first-order valence-electron chi connectivity index (χ1n) is 6.31. The fourth-order valence-electron chi connectivity index (χ4n) is 2.20. The van der Waals surface area contributed by atoms with Gasteiger partial charge in [0.2, 0.25) is 0 Å². The molecule has 0 saturated heterocycles. The summed E-state index contributed by atoms with van der Waals surface area (Å²) >= 11 is 0. The van der Waals surface area contributed by atoms with Gasteiger partial charge in [-0.15, -0.1) is 0 Å². The number of hydrogen-bond acceptors (Lipinski definition) is 3. The molecule has 0 atom stereocenters. The van der Waals surface area contributed by atoms with Gasteiger partial charge >= 0.3 is 0 Å². The summed E-state index contributed by atoms with van der Waals surface area (Å²) in [4.78, 5) is 16.7. The van der Waals surface area contributed by atoms with Gasteiger partial charge in [-0.25, -0.2) is 0 Å². The van der Waals surface area contributed by atoms with Gasteiger partial charge in [-0.3, -0.25) is 9.78 Å². The molecule has 0 unspecified atom stereocenters. The number of aromatic nitrogens is 1. The second kappa shape index (κ2) is 5.13. The molecule has 2 aromatic carbocycles. The molecule has 0 bridgehead atoms. The maximum absolute atomic E-state index is 12.6. The van der Waals surface area contributed by atoms with Crippen molar-refractivity contribution in [2.24, 2.45) is 0 Å². The Kier molecular flexibility index (Phi) is 3.17. The van der Waals surface area contributed by atoms with Gasteiger partial charge in [0.25, 0.3) is 0 Å². The zero-order chi connectivity index (χ0) is 13.9. The number of methoxy groups -OCH3 is 1. The first-order valence-corrected chi connectivity index (χ1v) is 6.31. The first kappa shape index (κ1) is 12.4. The van der Waals surface area contributed by atoms with E-state index in [2.05, 4.69) is 4.98 Å². The van der Waals surface area contributed by atoms with E-state index in [1.807, 2.05) is 24.3 Å². The van der Waals surface area contributed by atoms with Crippen molar-refractivity contribution in [3.63, 3.8) is 0 Å². The molecule has 0 radical (unpaired) electrons. The topological polar surface area (TPSA) is 39.2 Å². The molecule has 20 heavy (non-hydrogen) atoms. The van der Waals surface area contributed by atoms with Crippen LogP contribution in [0.3, 0.4) is 0 Å². The lowest BCUT2D eigenvalue weighted by molar-refractivity contribution is 0.104. The van der Waals surface area contributed by atoms with Gasteiger partial charge in [0.15, 0.2) is 5.78 Å². The number of ether oxygens (including phenoxy) is 1. The Hall–Kier alpha value is -2.68. The largest absolute Gasteiger partial charge is 0.497 e. The van der Waals surface area contributed by atoms with Crippen molar-refractivity contribution in [3.8, 4) is 5.75 Å². The average Bonchev–Trinajstić information content (AvgIpc) is 2.54. The zero-order valence-corrected chi connectivity index (χ0v) is 11.0. The molecular weight excluding hydrogens is 250 g/mol. The van der Waals surface area contributed by atoms with Crippen LogP contribution in [0.15, 0.2) is 60.9 Å². The van der Waals surface area contributed by atoms with E-state index in [-0.39, 0.29) is 5.78 Å². The Morgan fingerprint density at radius 1 is 1.00 bits per heavy atom. The van der Waals surface area contributed by atoms with Crippen LogP contribution in [0.4, 0.5) is 0 Å². The molecule has 0 N–H and O–H groups in total. The van der Waals surface area contributed by atoms with Crippen molar-refractivity contribution in [2.45, 2.75) is 0 Å². The highest BCUT2D eigenvalue weighted by Gasteiger charge is 2.12. The Morgan fingerprint density at radius 3 is 2.50 bits per heavy atom. The second-order valence-corrected chi connectivity index (χ2v) is 4.47. The fraction of sp³-hybridized carbons (Fsp3) is 0.0588. The molecule has 0 fully saturated rings. The van der Waals surface area contributed by atoms with Crippen LogP contribution in [0.5, 0.6) is 5.75 Å². The van der Waals surface area contributed by atoms with E-state index in [4.69, 9.17) is 4.74 Å². The maximum atomic E-state index is 12.6. The van der Waals surface area contributed by atoms with Crippen molar-refractivity contribution in [1.29, 1.82) is 0 Å². The van der Waals surface area contributed by atoms with Crippen LogP contribution in [0.25, 0.3) is 10.8 Å². The number of fused-ring (bicyclic) bond motifs is 1. The van der Waals surface area contributed by atoms with Crippen molar-refractivity contribution in [3.05, 3.63) is 72.1 Å². The summed E-state index contributed by atoms with van der Waals surface area (Å²) in [5.74, 6) is 0.703. The zero-order valence-electron chi connectivity index (χ0n) is 11.0. The summed E-state index contributed by atoms with van der Waals surface area (Å²) < 4.78 is 5.10. The summed E-state index contributed by atoms with van der Waals surface area (Å²) in [7, 11) is 1.60. The van der Waals surface area contributed by atoms with Crippen molar-refractivity contribution >= 4 is 16.6 Å². The van der Waals surface area contributed by atoms with E-state index in [1.54, 1.807) is 43.8 Å². The van der Waals surface area contributed by atoms with Crippen molar-refractivity contribution in [1.82, 2.24) is 4.98 Å². The van der Waals surface area contributed by atoms with Crippen molar-refractivity contribution in [2.75, 3.05) is 7.11 Å². The predicted molar refractivity (Wildman–Crippen MR) is 78.2 cm³/mol. The van der Waals surface area contributed by atoms with Crippen LogP contribution in [0.2, 0.25) is 0 Å². The Morgan fingerprint density at radius 2 is 1.75 bits per heavy atom. The van der Waals surface area contributed by atoms with E-state index in [9.17, 15) is 4.79 Å². The number of rotatable bonds is 3. The standard InChI is InChI=1S/C17H13NO2/c1-20-14-8-6-12(7-9-14)17(19)16-11-18-10-13-4-2-3-5-15(13)16/h2-11H,1H3. The van der Waals surface area contributed by atoms with Gasteiger partial charge in [0.1, 0.15) is 5.75 Å². The fourth-order valence-corrected chi connectivity index (χ4v) is 2.20. The Bertz CT molecular complexity index is 758. The molecular formula is C17H13NO2. The van der Waals surface area contributed by atoms with Crippen LogP contribution >= 0.6 is 0 Å². The monoisotopic (exact) mass is 263 g/mol. The van der Waals surface area contributed by atoms with Crippen molar-refractivity contribution < 1.29 is 9.53 Å². The quantitative estimate of drug-likeness (QED) is 0.679.